The number of hydrogen-bond acceptors (Lipinski definition) is 3. The number of hydrogen-bond donors (Lipinski definition) is 1. The monoisotopic (exact) mass is 229 g/mol. The molecule has 1 N–H and O–H groups in total. The summed E-state index contributed by atoms with van der Waals surface area (Å²) >= 11 is 5.92. The molecule has 0 amide bonds. The molecule has 1 heterocycles. The van der Waals surface area contributed by atoms with Gasteiger partial charge in [-0.25, -0.2) is 4.98 Å². The Kier molecular flexibility index (Phi) is 3.29. The van der Waals surface area contributed by atoms with E-state index in [0.29, 0.717) is 11.2 Å². The van der Waals surface area contributed by atoms with E-state index in [-0.39, 0.29) is 6.61 Å². The highest BCUT2D eigenvalue weighted by Crippen LogP contribution is 2.27. The lowest BCUT2D eigenvalue weighted by atomic mass is 10.4. The Labute approximate surface area is 94.5 Å². The van der Waals surface area contributed by atoms with Crippen molar-refractivity contribution in [3.05, 3.63) is 17.2 Å². The van der Waals surface area contributed by atoms with E-state index in [2.05, 4.69) is 9.88 Å². The quantitative estimate of drug-likeness (QED) is 0.820. The second-order valence-corrected chi connectivity index (χ2v) is 4.37. The van der Waals surface area contributed by atoms with Crippen LogP contribution in [-0.2, 0) is 13.6 Å². The molecule has 1 aromatic heterocycles. The van der Waals surface area contributed by atoms with Gasteiger partial charge in [-0.3, -0.25) is 4.90 Å². The summed E-state index contributed by atoms with van der Waals surface area (Å²) in [4.78, 5) is 6.52. The van der Waals surface area contributed by atoms with Gasteiger partial charge in [0, 0.05) is 19.6 Å². The zero-order chi connectivity index (χ0) is 10.8. The van der Waals surface area contributed by atoms with E-state index in [9.17, 15) is 0 Å². The van der Waals surface area contributed by atoms with Gasteiger partial charge in [0.1, 0.15) is 11.0 Å². The van der Waals surface area contributed by atoms with Crippen LogP contribution in [0, 0.1) is 0 Å². The Morgan fingerprint density at radius 1 is 1.67 bits per heavy atom. The first-order valence-corrected chi connectivity index (χ1v) is 5.61. The summed E-state index contributed by atoms with van der Waals surface area (Å²) in [6.45, 7) is 1.69. The highest BCUT2D eigenvalue weighted by Gasteiger charge is 2.29. The van der Waals surface area contributed by atoms with Gasteiger partial charge < -0.3 is 9.67 Å². The molecule has 0 aromatic carbocycles. The first-order chi connectivity index (χ1) is 7.22. The summed E-state index contributed by atoms with van der Waals surface area (Å²) in [6, 6.07) is 0.632. The molecule has 0 radical (unpaired) electrons. The van der Waals surface area contributed by atoms with Crippen LogP contribution in [0.5, 0.6) is 0 Å². The number of nitrogens with zero attached hydrogens (tertiary/aromatic N) is 3. The molecule has 15 heavy (non-hydrogen) atoms. The van der Waals surface area contributed by atoms with E-state index in [4.69, 9.17) is 16.7 Å². The summed E-state index contributed by atoms with van der Waals surface area (Å²) in [5.41, 5.74) is 0. The SMILES string of the molecule is Cn1c(Cl)cnc1CN(CCO)C1CC1. The molecule has 0 aliphatic heterocycles. The average molecular weight is 230 g/mol. The first-order valence-electron chi connectivity index (χ1n) is 5.23. The van der Waals surface area contributed by atoms with Gasteiger partial charge in [0.15, 0.2) is 0 Å². The van der Waals surface area contributed by atoms with Gasteiger partial charge in [0.2, 0.25) is 0 Å². The minimum atomic E-state index is 0.203. The summed E-state index contributed by atoms with van der Waals surface area (Å²) in [5.74, 6) is 0.959. The predicted molar refractivity (Wildman–Crippen MR) is 58.7 cm³/mol. The Bertz CT molecular complexity index is 335. The fraction of sp³-hybridized carbons (Fsp3) is 0.700. The van der Waals surface area contributed by atoms with Crippen molar-refractivity contribution in [1.82, 2.24) is 14.5 Å². The zero-order valence-corrected chi connectivity index (χ0v) is 9.61. The van der Waals surface area contributed by atoms with Crippen LogP contribution in [0.1, 0.15) is 18.7 Å². The van der Waals surface area contributed by atoms with Gasteiger partial charge in [-0.1, -0.05) is 11.6 Å². The van der Waals surface area contributed by atoms with E-state index in [1.54, 1.807) is 6.20 Å². The van der Waals surface area contributed by atoms with E-state index in [0.717, 1.165) is 18.9 Å². The van der Waals surface area contributed by atoms with Gasteiger partial charge in [-0.15, -0.1) is 0 Å². The molecule has 1 aliphatic rings. The summed E-state index contributed by atoms with van der Waals surface area (Å²) in [7, 11) is 1.91. The van der Waals surface area contributed by atoms with Crippen molar-refractivity contribution >= 4 is 11.6 Å². The Morgan fingerprint density at radius 2 is 2.40 bits per heavy atom. The lowest BCUT2D eigenvalue weighted by Gasteiger charge is -2.20. The van der Waals surface area contributed by atoms with E-state index in [1.165, 1.54) is 12.8 Å². The lowest BCUT2D eigenvalue weighted by molar-refractivity contribution is 0.179. The average Bonchev–Trinajstić information content (AvgIpc) is 3.00. The van der Waals surface area contributed by atoms with Crippen molar-refractivity contribution in [3.8, 4) is 0 Å². The molecule has 5 heteroatoms. The largest absolute Gasteiger partial charge is 0.395 e. The van der Waals surface area contributed by atoms with Crippen LogP contribution >= 0.6 is 11.6 Å². The third-order valence-electron chi connectivity index (χ3n) is 2.82. The lowest BCUT2D eigenvalue weighted by Crippen LogP contribution is -2.29. The molecule has 1 saturated carbocycles. The minimum absolute atomic E-state index is 0.203. The minimum Gasteiger partial charge on any atom is -0.395 e. The normalized spacial score (nSPS) is 16.3. The van der Waals surface area contributed by atoms with Crippen molar-refractivity contribution in [3.63, 3.8) is 0 Å². The van der Waals surface area contributed by atoms with E-state index < -0.39 is 0 Å². The summed E-state index contributed by atoms with van der Waals surface area (Å²) < 4.78 is 1.88. The molecule has 0 bridgehead atoms. The van der Waals surface area contributed by atoms with Crippen molar-refractivity contribution < 1.29 is 5.11 Å². The van der Waals surface area contributed by atoms with Crippen LogP contribution in [-0.4, -0.2) is 38.8 Å². The van der Waals surface area contributed by atoms with Crippen LogP contribution in [0.25, 0.3) is 0 Å². The number of aliphatic hydroxyl groups is 1. The Morgan fingerprint density at radius 3 is 2.87 bits per heavy atom. The first kappa shape index (κ1) is 10.9. The number of aliphatic hydroxyl groups excluding tert-OH is 1. The van der Waals surface area contributed by atoms with Gasteiger partial charge in [-0.05, 0) is 12.8 Å². The van der Waals surface area contributed by atoms with Crippen molar-refractivity contribution in [2.75, 3.05) is 13.2 Å². The fourth-order valence-corrected chi connectivity index (χ4v) is 1.86. The molecule has 84 valence electrons. The number of halogens is 1. The van der Waals surface area contributed by atoms with Crippen molar-refractivity contribution in [2.24, 2.45) is 7.05 Å². The van der Waals surface area contributed by atoms with Gasteiger partial charge in [0.25, 0.3) is 0 Å². The van der Waals surface area contributed by atoms with Gasteiger partial charge in [-0.2, -0.15) is 0 Å². The fourth-order valence-electron chi connectivity index (χ4n) is 1.71. The molecule has 2 rings (SSSR count). The molecule has 1 aromatic rings. The second kappa shape index (κ2) is 4.51. The molecule has 0 spiro atoms. The number of imidazole rings is 1. The predicted octanol–water partition coefficient (Wildman–Crippen LogP) is 1.03. The highest BCUT2D eigenvalue weighted by molar-refractivity contribution is 6.29. The van der Waals surface area contributed by atoms with E-state index in [1.807, 2.05) is 11.6 Å². The molecule has 1 aliphatic carbocycles. The molecule has 4 nitrogen and oxygen atoms in total. The number of aromatic nitrogens is 2. The smallest absolute Gasteiger partial charge is 0.128 e. The van der Waals surface area contributed by atoms with Crippen LogP contribution < -0.4 is 0 Å². The maximum atomic E-state index is 8.97. The standard InChI is InChI=1S/C10H16ClN3O/c1-13-9(11)6-12-10(13)7-14(4-5-15)8-2-3-8/h6,8,15H,2-5,7H2,1H3. The van der Waals surface area contributed by atoms with Crippen LogP contribution in [0.3, 0.4) is 0 Å². The molecule has 0 atom stereocenters. The van der Waals surface area contributed by atoms with Crippen LogP contribution in [0.2, 0.25) is 5.15 Å². The third-order valence-corrected chi connectivity index (χ3v) is 3.17. The van der Waals surface area contributed by atoms with Gasteiger partial charge >= 0.3 is 0 Å². The summed E-state index contributed by atoms with van der Waals surface area (Å²) in [6.07, 6.45) is 4.14. The van der Waals surface area contributed by atoms with E-state index >= 15 is 0 Å². The molecule has 0 saturated heterocycles. The Hall–Kier alpha value is -0.580. The molecular weight excluding hydrogens is 214 g/mol. The van der Waals surface area contributed by atoms with Crippen LogP contribution in [0.15, 0.2) is 6.20 Å². The number of rotatable bonds is 5. The van der Waals surface area contributed by atoms with Crippen molar-refractivity contribution in [1.29, 1.82) is 0 Å². The topological polar surface area (TPSA) is 41.3 Å². The Balaban J connectivity index is 2.01. The third kappa shape index (κ3) is 2.51. The molecule has 0 unspecified atom stereocenters. The summed E-state index contributed by atoms with van der Waals surface area (Å²) in [5, 5.41) is 9.63. The molecular formula is C10H16ClN3O. The zero-order valence-electron chi connectivity index (χ0n) is 8.86. The molecule has 1 fully saturated rings. The highest BCUT2D eigenvalue weighted by atomic mass is 35.5. The van der Waals surface area contributed by atoms with Crippen molar-refractivity contribution in [2.45, 2.75) is 25.4 Å². The van der Waals surface area contributed by atoms with Crippen LogP contribution in [0.4, 0.5) is 0 Å². The maximum absolute atomic E-state index is 8.97. The maximum Gasteiger partial charge on any atom is 0.128 e. The van der Waals surface area contributed by atoms with Gasteiger partial charge in [0.05, 0.1) is 19.3 Å². The second-order valence-electron chi connectivity index (χ2n) is 3.98.